The Morgan fingerprint density at radius 2 is 1.75 bits per heavy atom. The summed E-state index contributed by atoms with van der Waals surface area (Å²) < 4.78 is 52.3. The second-order valence-electron chi connectivity index (χ2n) is 3.39. The van der Waals surface area contributed by atoms with Gasteiger partial charge in [-0.1, -0.05) is 0 Å². The van der Waals surface area contributed by atoms with E-state index in [1.807, 2.05) is 0 Å². The topological polar surface area (TPSA) is 43.4 Å². The largest absolute Gasteiger partial charge is 0.496 e. The molecule has 0 atom stereocenters. The van der Waals surface area contributed by atoms with E-state index in [0.717, 1.165) is 0 Å². The molecular weight excluding hydrogens is 238 g/mol. The van der Waals surface area contributed by atoms with Crippen molar-refractivity contribution in [2.75, 3.05) is 7.11 Å². The van der Waals surface area contributed by atoms with Crippen molar-refractivity contribution in [3.8, 4) is 5.75 Å². The molecule has 1 rings (SSSR count). The molecular formula is C10H12F2O3S. The first-order chi connectivity index (χ1) is 7.30. The number of hydrogen-bond donors (Lipinski definition) is 0. The molecule has 0 amide bonds. The van der Waals surface area contributed by atoms with Gasteiger partial charge in [0, 0.05) is 0 Å². The molecule has 1 aromatic carbocycles. The van der Waals surface area contributed by atoms with Gasteiger partial charge in [0.25, 0.3) is 0 Å². The van der Waals surface area contributed by atoms with Gasteiger partial charge in [-0.25, -0.2) is 8.42 Å². The molecule has 0 saturated carbocycles. The summed E-state index contributed by atoms with van der Waals surface area (Å²) in [5, 5.41) is 0. The van der Waals surface area contributed by atoms with E-state index in [2.05, 4.69) is 0 Å². The van der Waals surface area contributed by atoms with Crippen molar-refractivity contribution in [1.82, 2.24) is 0 Å². The minimum absolute atomic E-state index is 0.253. The highest BCUT2D eigenvalue weighted by atomic mass is 32.2. The molecule has 0 spiro atoms. The van der Waals surface area contributed by atoms with E-state index in [1.165, 1.54) is 26.2 Å². The maximum atomic E-state index is 12.4. The highest BCUT2D eigenvalue weighted by Gasteiger charge is 2.28. The number of alkyl halides is 2. The van der Waals surface area contributed by atoms with Gasteiger partial charge >= 0.3 is 5.76 Å². The SMILES string of the molecule is COc1cc(C)c(S(=O)(=O)C(F)F)cc1C. The van der Waals surface area contributed by atoms with E-state index >= 15 is 0 Å². The Labute approximate surface area is 93.0 Å². The van der Waals surface area contributed by atoms with Crippen molar-refractivity contribution in [1.29, 1.82) is 0 Å². The standard InChI is InChI=1S/C10H12F2O3S/c1-6-5-9(16(13,14)10(11)12)7(2)4-8(6)15-3/h4-5,10H,1-3H3. The van der Waals surface area contributed by atoms with E-state index in [9.17, 15) is 17.2 Å². The highest BCUT2D eigenvalue weighted by molar-refractivity contribution is 7.91. The normalized spacial score (nSPS) is 11.9. The first kappa shape index (κ1) is 12.9. The van der Waals surface area contributed by atoms with Crippen LogP contribution in [0.15, 0.2) is 17.0 Å². The fourth-order valence-corrected chi connectivity index (χ4v) is 2.43. The van der Waals surface area contributed by atoms with Crippen molar-refractivity contribution in [2.24, 2.45) is 0 Å². The molecule has 3 nitrogen and oxygen atoms in total. The monoisotopic (exact) mass is 250 g/mol. The zero-order valence-corrected chi connectivity index (χ0v) is 9.94. The van der Waals surface area contributed by atoms with Crippen molar-refractivity contribution < 1.29 is 21.9 Å². The van der Waals surface area contributed by atoms with Crippen LogP contribution in [-0.2, 0) is 9.84 Å². The number of benzene rings is 1. The molecule has 0 N–H and O–H groups in total. The van der Waals surface area contributed by atoms with Crippen LogP contribution in [0.3, 0.4) is 0 Å². The molecule has 0 aromatic heterocycles. The fraction of sp³-hybridized carbons (Fsp3) is 0.400. The van der Waals surface area contributed by atoms with Crippen molar-refractivity contribution >= 4 is 9.84 Å². The van der Waals surface area contributed by atoms with Gasteiger partial charge in [-0.15, -0.1) is 0 Å². The average molecular weight is 250 g/mol. The van der Waals surface area contributed by atoms with Crippen LogP contribution in [0.5, 0.6) is 5.75 Å². The van der Waals surface area contributed by atoms with Crippen molar-refractivity contribution in [2.45, 2.75) is 24.5 Å². The smallest absolute Gasteiger partial charge is 0.341 e. The molecule has 0 radical (unpaired) electrons. The minimum Gasteiger partial charge on any atom is -0.496 e. The van der Waals surface area contributed by atoms with Crippen LogP contribution in [0.2, 0.25) is 0 Å². The molecule has 0 bridgehead atoms. The van der Waals surface area contributed by atoms with Gasteiger partial charge in [0.15, 0.2) is 0 Å². The lowest BCUT2D eigenvalue weighted by Gasteiger charge is -2.11. The Kier molecular flexibility index (Phi) is 3.52. The third-order valence-electron chi connectivity index (χ3n) is 2.23. The van der Waals surface area contributed by atoms with Gasteiger partial charge in [0.1, 0.15) is 5.75 Å². The maximum Gasteiger partial charge on any atom is 0.341 e. The van der Waals surface area contributed by atoms with Crippen LogP contribution in [0.1, 0.15) is 11.1 Å². The number of aryl methyl sites for hydroxylation is 2. The Hall–Kier alpha value is -1.17. The Morgan fingerprint density at radius 3 is 2.19 bits per heavy atom. The molecule has 16 heavy (non-hydrogen) atoms. The summed E-state index contributed by atoms with van der Waals surface area (Å²) in [6, 6.07) is 2.64. The van der Waals surface area contributed by atoms with E-state index in [1.54, 1.807) is 6.92 Å². The van der Waals surface area contributed by atoms with Crippen LogP contribution >= 0.6 is 0 Å². The summed E-state index contributed by atoms with van der Waals surface area (Å²) in [5.41, 5.74) is 0.759. The Balaban J connectivity index is 3.44. The zero-order valence-electron chi connectivity index (χ0n) is 9.12. The molecule has 0 aliphatic carbocycles. The van der Waals surface area contributed by atoms with Gasteiger partial charge in [0.2, 0.25) is 9.84 Å². The fourth-order valence-electron chi connectivity index (χ4n) is 1.39. The van der Waals surface area contributed by atoms with Crippen molar-refractivity contribution in [3.05, 3.63) is 23.3 Å². The van der Waals surface area contributed by atoms with Crippen LogP contribution in [0, 0.1) is 13.8 Å². The summed E-state index contributed by atoms with van der Waals surface area (Å²) >= 11 is 0. The number of sulfone groups is 1. The third-order valence-corrected chi connectivity index (χ3v) is 3.76. The molecule has 90 valence electrons. The predicted octanol–water partition coefficient (Wildman–Crippen LogP) is 2.31. The number of hydrogen-bond acceptors (Lipinski definition) is 3. The second kappa shape index (κ2) is 4.37. The number of methoxy groups -OCH3 is 1. The van der Waals surface area contributed by atoms with Crippen LogP contribution in [0.25, 0.3) is 0 Å². The Bertz CT molecular complexity index is 495. The summed E-state index contributed by atoms with van der Waals surface area (Å²) in [6.07, 6.45) is 0. The molecule has 6 heteroatoms. The summed E-state index contributed by atoms with van der Waals surface area (Å²) in [5.74, 6) is -2.93. The van der Waals surface area contributed by atoms with Crippen LogP contribution < -0.4 is 4.74 Å². The van der Waals surface area contributed by atoms with Gasteiger partial charge in [-0.2, -0.15) is 8.78 Å². The first-order valence-electron chi connectivity index (χ1n) is 4.48. The molecule has 0 heterocycles. The highest BCUT2D eigenvalue weighted by Crippen LogP contribution is 2.28. The van der Waals surface area contributed by atoms with Crippen LogP contribution in [0.4, 0.5) is 8.78 Å². The minimum atomic E-state index is -4.54. The number of ether oxygens (including phenoxy) is 1. The maximum absolute atomic E-state index is 12.4. The third kappa shape index (κ3) is 2.16. The van der Waals surface area contributed by atoms with E-state index in [0.29, 0.717) is 11.3 Å². The van der Waals surface area contributed by atoms with E-state index in [4.69, 9.17) is 4.74 Å². The van der Waals surface area contributed by atoms with Gasteiger partial charge in [0.05, 0.1) is 12.0 Å². The molecule has 0 aliphatic heterocycles. The van der Waals surface area contributed by atoms with Crippen molar-refractivity contribution in [3.63, 3.8) is 0 Å². The lowest BCUT2D eigenvalue weighted by Crippen LogP contribution is -2.13. The van der Waals surface area contributed by atoms with Gasteiger partial charge < -0.3 is 4.74 Å². The first-order valence-corrected chi connectivity index (χ1v) is 6.02. The Morgan fingerprint density at radius 1 is 1.19 bits per heavy atom. The van der Waals surface area contributed by atoms with E-state index < -0.39 is 15.6 Å². The van der Waals surface area contributed by atoms with Gasteiger partial charge in [-0.3, -0.25) is 0 Å². The van der Waals surface area contributed by atoms with E-state index in [-0.39, 0.29) is 10.5 Å². The number of rotatable bonds is 3. The van der Waals surface area contributed by atoms with Gasteiger partial charge in [-0.05, 0) is 37.1 Å². The predicted molar refractivity (Wildman–Crippen MR) is 55.7 cm³/mol. The summed E-state index contributed by atoms with van der Waals surface area (Å²) in [6.45, 7) is 3.06. The molecule has 0 saturated heterocycles. The molecule has 0 fully saturated rings. The lowest BCUT2D eigenvalue weighted by atomic mass is 10.1. The quantitative estimate of drug-likeness (QED) is 0.826. The lowest BCUT2D eigenvalue weighted by molar-refractivity contribution is 0.234. The van der Waals surface area contributed by atoms with Crippen LogP contribution in [-0.4, -0.2) is 21.3 Å². The summed E-state index contributed by atoms with van der Waals surface area (Å²) in [7, 11) is -3.11. The molecule has 0 aliphatic rings. The second-order valence-corrected chi connectivity index (χ2v) is 5.28. The number of halogens is 2. The summed E-state index contributed by atoms with van der Waals surface area (Å²) in [4.78, 5) is -0.346. The molecule has 1 aromatic rings. The zero-order chi connectivity index (χ0) is 12.5. The molecule has 0 unspecified atom stereocenters. The average Bonchev–Trinajstić information content (AvgIpc) is 2.20.